The molecule has 9 heteroatoms. The monoisotopic (exact) mass is 474 g/mol. The molecular weight excluding hydrogens is 444 g/mol. The van der Waals surface area contributed by atoms with Crippen LogP contribution in [0.25, 0.3) is 0 Å². The van der Waals surface area contributed by atoms with Crippen molar-refractivity contribution in [3.8, 4) is 17.2 Å². The maximum atomic E-state index is 12.8. The van der Waals surface area contributed by atoms with Crippen molar-refractivity contribution in [1.82, 2.24) is 9.62 Å². The summed E-state index contributed by atoms with van der Waals surface area (Å²) in [7, 11) is -3.76. The molecule has 0 unspecified atom stereocenters. The zero-order valence-corrected chi connectivity index (χ0v) is 19.8. The number of hydrogen-bond acceptors (Lipinski definition) is 6. The highest BCUT2D eigenvalue weighted by Gasteiger charge is 2.32. The fraction of sp³-hybridized carbons (Fsp3) is 0.458. The van der Waals surface area contributed by atoms with E-state index in [4.69, 9.17) is 14.2 Å². The number of amides is 1. The summed E-state index contributed by atoms with van der Waals surface area (Å²) in [5.41, 5.74) is 0.811. The van der Waals surface area contributed by atoms with Crippen molar-refractivity contribution < 1.29 is 27.4 Å². The van der Waals surface area contributed by atoms with Crippen LogP contribution in [0, 0.1) is 0 Å². The zero-order valence-electron chi connectivity index (χ0n) is 19.0. The van der Waals surface area contributed by atoms with Gasteiger partial charge in [-0.1, -0.05) is 12.1 Å². The SMILES string of the molecule is CC(C)Oc1ccc(CNS(=O)(=O)c2ccc3c(c2)OC[C@@H](C(=O)N2CCCCC2)O3)cc1. The fourth-order valence-electron chi connectivity index (χ4n) is 3.88. The molecule has 2 aliphatic heterocycles. The highest BCUT2D eigenvalue weighted by Crippen LogP contribution is 2.34. The van der Waals surface area contributed by atoms with Gasteiger partial charge >= 0.3 is 0 Å². The van der Waals surface area contributed by atoms with Crippen LogP contribution < -0.4 is 18.9 Å². The number of ether oxygens (including phenoxy) is 3. The minimum absolute atomic E-state index is 0.0596. The Hall–Kier alpha value is -2.78. The highest BCUT2D eigenvalue weighted by molar-refractivity contribution is 7.89. The number of rotatable bonds is 7. The van der Waals surface area contributed by atoms with Crippen LogP contribution in [0.2, 0.25) is 0 Å². The van der Waals surface area contributed by atoms with Gasteiger partial charge in [0.15, 0.2) is 11.5 Å². The van der Waals surface area contributed by atoms with Crippen LogP contribution in [0.5, 0.6) is 17.2 Å². The number of fused-ring (bicyclic) bond motifs is 1. The van der Waals surface area contributed by atoms with Crippen LogP contribution in [0.3, 0.4) is 0 Å². The normalized spacial score (nSPS) is 18.3. The van der Waals surface area contributed by atoms with Crippen molar-refractivity contribution in [3.05, 3.63) is 48.0 Å². The second-order valence-corrected chi connectivity index (χ2v) is 10.3. The van der Waals surface area contributed by atoms with Gasteiger partial charge in [0.05, 0.1) is 11.0 Å². The maximum absolute atomic E-state index is 12.8. The van der Waals surface area contributed by atoms with E-state index < -0.39 is 16.1 Å². The number of piperidine rings is 1. The highest BCUT2D eigenvalue weighted by atomic mass is 32.2. The van der Waals surface area contributed by atoms with Crippen molar-refractivity contribution in [3.63, 3.8) is 0 Å². The summed E-state index contributed by atoms with van der Waals surface area (Å²) in [6.45, 7) is 5.57. The summed E-state index contributed by atoms with van der Waals surface area (Å²) < 4.78 is 45.3. The Morgan fingerprint density at radius 3 is 2.52 bits per heavy atom. The van der Waals surface area contributed by atoms with Crippen molar-refractivity contribution in [2.24, 2.45) is 0 Å². The Morgan fingerprint density at radius 2 is 1.82 bits per heavy atom. The van der Waals surface area contributed by atoms with Crippen molar-refractivity contribution in [2.75, 3.05) is 19.7 Å². The van der Waals surface area contributed by atoms with E-state index >= 15 is 0 Å². The first-order valence-corrected chi connectivity index (χ1v) is 12.8. The first-order valence-electron chi connectivity index (χ1n) is 11.3. The molecule has 8 nitrogen and oxygen atoms in total. The molecule has 0 saturated carbocycles. The molecule has 0 spiro atoms. The Balaban J connectivity index is 1.38. The van der Waals surface area contributed by atoms with Gasteiger partial charge in [0.25, 0.3) is 5.91 Å². The first-order chi connectivity index (χ1) is 15.8. The molecule has 0 aromatic heterocycles. The van der Waals surface area contributed by atoms with Crippen LogP contribution in [-0.2, 0) is 21.4 Å². The maximum Gasteiger partial charge on any atom is 0.267 e. The third kappa shape index (κ3) is 5.78. The summed E-state index contributed by atoms with van der Waals surface area (Å²) in [4.78, 5) is 14.6. The lowest BCUT2D eigenvalue weighted by molar-refractivity contribution is -0.142. The molecule has 2 aromatic rings. The van der Waals surface area contributed by atoms with E-state index in [-0.39, 0.29) is 30.1 Å². The molecule has 1 N–H and O–H groups in total. The Labute approximate surface area is 194 Å². The van der Waals surface area contributed by atoms with Crippen LogP contribution in [0.4, 0.5) is 0 Å². The number of carbonyl (C=O) groups is 1. The van der Waals surface area contributed by atoms with Crippen LogP contribution in [-0.4, -0.2) is 51.1 Å². The molecule has 0 bridgehead atoms. The van der Waals surface area contributed by atoms with E-state index in [0.29, 0.717) is 11.5 Å². The molecule has 33 heavy (non-hydrogen) atoms. The molecule has 1 saturated heterocycles. The van der Waals surface area contributed by atoms with Crippen LogP contribution in [0.1, 0.15) is 38.7 Å². The third-order valence-corrected chi connectivity index (χ3v) is 6.99. The number of likely N-dealkylation sites (tertiary alicyclic amines) is 1. The fourth-order valence-corrected chi connectivity index (χ4v) is 4.91. The van der Waals surface area contributed by atoms with Crippen molar-refractivity contribution >= 4 is 15.9 Å². The van der Waals surface area contributed by atoms with E-state index in [1.165, 1.54) is 18.2 Å². The molecule has 1 amide bonds. The van der Waals surface area contributed by atoms with E-state index in [1.54, 1.807) is 0 Å². The quantitative estimate of drug-likeness (QED) is 0.663. The summed E-state index contributed by atoms with van der Waals surface area (Å²) in [6, 6.07) is 11.7. The lowest BCUT2D eigenvalue weighted by Gasteiger charge is -2.32. The largest absolute Gasteiger partial charge is 0.491 e. The van der Waals surface area contributed by atoms with Gasteiger partial charge in [-0.15, -0.1) is 0 Å². The van der Waals surface area contributed by atoms with Gasteiger partial charge in [-0.25, -0.2) is 13.1 Å². The lowest BCUT2D eigenvalue weighted by Crippen LogP contribution is -2.48. The molecule has 178 valence electrons. The molecule has 1 fully saturated rings. The van der Waals surface area contributed by atoms with Crippen molar-refractivity contribution in [2.45, 2.75) is 56.8 Å². The second-order valence-electron chi connectivity index (χ2n) is 8.55. The number of nitrogens with zero attached hydrogens (tertiary/aromatic N) is 1. The number of nitrogens with one attached hydrogen (secondary N) is 1. The minimum Gasteiger partial charge on any atom is -0.491 e. The van der Waals surface area contributed by atoms with Gasteiger partial charge in [-0.3, -0.25) is 4.79 Å². The van der Waals surface area contributed by atoms with E-state index in [1.807, 2.05) is 43.0 Å². The molecule has 0 aliphatic carbocycles. The molecular formula is C24H30N2O6S. The van der Waals surface area contributed by atoms with E-state index in [9.17, 15) is 13.2 Å². The predicted octanol–water partition coefficient (Wildman–Crippen LogP) is 3.10. The van der Waals surface area contributed by atoms with Gasteiger partial charge in [0.2, 0.25) is 16.1 Å². The van der Waals surface area contributed by atoms with Gasteiger partial charge in [-0.05, 0) is 62.9 Å². The number of sulfonamides is 1. The molecule has 1 atom stereocenters. The van der Waals surface area contributed by atoms with Crippen LogP contribution >= 0.6 is 0 Å². The Kier molecular flexibility index (Phi) is 7.09. The zero-order chi connectivity index (χ0) is 23.4. The third-order valence-electron chi connectivity index (χ3n) is 5.59. The summed E-state index contributed by atoms with van der Waals surface area (Å²) >= 11 is 0. The lowest BCUT2D eigenvalue weighted by atomic mass is 10.1. The summed E-state index contributed by atoms with van der Waals surface area (Å²) in [6.07, 6.45) is 2.50. The van der Waals surface area contributed by atoms with Gasteiger partial charge in [-0.2, -0.15) is 0 Å². The topological polar surface area (TPSA) is 94.2 Å². The predicted molar refractivity (Wildman–Crippen MR) is 123 cm³/mol. The number of benzene rings is 2. The van der Waals surface area contributed by atoms with E-state index in [2.05, 4.69) is 4.72 Å². The number of hydrogen-bond donors (Lipinski definition) is 1. The average Bonchev–Trinajstić information content (AvgIpc) is 2.82. The van der Waals surface area contributed by atoms with E-state index in [0.717, 1.165) is 43.7 Å². The minimum atomic E-state index is -3.76. The van der Waals surface area contributed by atoms with Gasteiger partial charge in [0.1, 0.15) is 12.4 Å². The van der Waals surface area contributed by atoms with Crippen LogP contribution in [0.15, 0.2) is 47.4 Å². The smallest absolute Gasteiger partial charge is 0.267 e. The molecule has 2 aromatic carbocycles. The Morgan fingerprint density at radius 1 is 1.09 bits per heavy atom. The average molecular weight is 475 g/mol. The second kappa shape index (κ2) is 10.0. The molecule has 2 aliphatic rings. The Bertz CT molecular complexity index is 1080. The van der Waals surface area contributed by atoms with Gasteiger partial charge < -0.3 is 19.1 Å². The molecule has 0 radical (unpaired) electrons. The summed E-state index contributed by atoms with van der Waals surface area (Å²) in [5, 5.41) is 0. The number of carbonyl (C=O) groups excluding carboxylic acids is 1. The molecule has 4 rings (SSSR count). The molecule has 2 heterocycles. The standard InChI is InChI=1S/C24H30N2O6S/c1-17(2)31-19-8-6-18(7-9-19)15-25-33(28,29)20-10-11-21-22(14-20)30-16-23(32-21)24(27)26-12-4-3-5-13-26/h6-11,14,17,23,25H,3-5,12-13,15-16H2,1-2H3/t23-/m0/s1. The first kappa shape index (κ1) is 23.4. The summed E-state index contributed by atoms with van der Waals surface area (Å²) in [5.74, 6) is 1.34. The van der Waals surface area contributed by atoms with Crippen molar-refractivity contribution in [1.29, 1.82) is 0 Å². The van der Waals surface area contributed by atoms with Gasteiger partial charge in [0, 0.05) is 25.7 Å².